The molecule has 1 aromatic rings. The number of benzene rings is 1. The summed E-state index contributed by atoms with van der Waals surface area (Å²) in [6.07, 6.45) is 7.13. The molecule has 1 aromatic carbocycles. The molecule has 0 saturated heterocycles. The van der Waals surface area contributed by atoms with Crippen molar-refractivity contribution in [2.75, 3.05) is 0 Å². The number of aromatic hydroxyl groups is 1. The summed E-state index contributed by atoms with van der Waals surface area (Å²) >= 11 is 0. The van der Waals surface area contributed by atoms with Gasteiger partial charge in [0.05, 0.1) is 5.70 Å². The molecule has 0 aliphatic carbocycles. The maximum absolute atomic E-state index is 9.81. The van der Waals surface area contributed by atoms with E-state index in [4.69, 9.17) is 0 Å². The molecule has 0 atom stereocenters. The second-order valence-electron chi connectivity index (χ2n) is 4.09. The van der Waals surface area contributed by atoms with Crippen LogP contribution >= 0.6 is 0 Å². The van der Waals surface area contributed by atoms with Crippen LogP contribution in [0.4, 0.5) is 0 Å². The highest BCUT2D eigenvalue weighted by molar-refractivity contribution is 6.01. The molecule has 0 saturated carbocycles. The molecule has 0 amide bonds. The Labute approximate surface area is 114 Å². The maximum atomic E-state index is 9.81. The summed E-state index contributed by atoms with van der Waals surface area (Å²) in [6.45, 7) is 11.2. The molecule has 0 aromatic heterocycles. The highest BCUT2D eigenvalue weighted by Crippen LogP contribution is 2.19. The number of phenols is 1. The first-order valence-corrected chi connectivity index (χ1v) is 6.06. The topological polar surface area (TPSA) is 32.6 Å². The summed E-state index contributed by atoms with van der Waals surface area (Å²) in [5.74, 6) is 0.229. The first-order valence-electron chi connectivity index (χ1n) is 6.06. The highest BCUT2D eigenvalue weighted by Gasteiger charge is 2.04. The fraction of sp³-hybridized carbons (Fsp3) is 0.118. The minimum absolute atomic E-state index is 0.229. The lowest BCUT2D eigenvalue weighted by Gasteiger charge is -2.06. The Hall–Kier alpha value is -2.35. The number of nitrogens with zero attached hydrogens (tertiary/aromatic N) is 1. The van der Waals surface area contributed by atoms with Gasteiger partial charge in [0.15, 0.2) is 0 Å². The summed E-state index contributed by atoms with van der Waals surface area (Å²) < 4.78 is 0. The van der Waals surface area contributed by atoms with E-state index in [0.29, 0.717) is 0 Å². The average Bonchev–Trinajstić information content (AvgIpc) is 2.39. The SMILES string of the molecule is C=C/C=C(C)\C(=C/C=C)N=C(C)c1ccccc1O. The molecule has 0 heterocycles. The summed E-state index contributed by atoms with van der Waals surface area (Å²) in [5, 5.41) is 9.81. The van der Waals surface area contributed by atoms with Gasteiger partial charge in [0.2, 0.25) is 0 Å². The molecule has 2 heteroatoms. The number of allylic oxidation sites excluding steroid dienone is 5. The molecule has 98 valence electrons. The Morgan fingerprint density at radius 2 is 1.74 bits per heavy atom. The molecule has 0 unspecified atom stereocenters. The van der Waals surface area contributed by atoms with E-state index < -0.39 is 0 Å². The number of hydrogen-bond donors (Lipinski definition) is 1. The average molecular weight is 253 g/mol. The van der Waals surface area contributed by atoms with E-state index in [-0.39, 0.29) is 5.75 Å². The number of para-hydroxylation sites is 1. The van der Waals surface area contributed by atoms with Gasteiger partial charge >= 0.3 is 0 Å². The van der Waals surface area contributed by atoms with Crippen LogP contribution in [0.2, 0.25) is 0 Å². The first-order chi connectivity index (χ1) is 9.10. The molecule has 1 rings (SSSR count). The molecular weight excluding hydrogens is 234 g/mol. The minimum Gasteiger partial charge on any atom is -0.507 e. The van der Waals surface area contributed by atoms with Crippen LogP contribution in [0.25, 0.3) is 0 Å². The molecule has 0 spiro atoms. The Morgan fingerprint density at radius 1 is 1.11 bits per heavy atom. The summed E-state index contributed by atoms with van der Waals surface area (Å²) in [4.78, 5) is 4.55. The smallest absolute Gasteiger partial charge is 0.124 e. The van der Waals surface area contributed by atoms with E-state index in [9.17, 15) is 5.11 Å². The van der Waals surface area contributed by atoms with Crippen molar-refractivity contribution >= 4 is 5.71 Å². The molecule has 2 nitrogen and oxygen atoms in total. The zero-order chi connectivity index (χ0) is 14.3. The second-order valence-corrected chi connectivity index (χ2v) is 4.09. The molecular formula is C17H19NO. The predicted octanol–water partition coefficient (Wildman–Crippen LogP) is 4.40. The van der Waals surface area contributed by atoms with Gasteiger partial charge in [-0.05, 0) is 37.6 Å². The third kappa shape index (κ3) is 4.11. The fourth-order valence-electron chi connectivity index (χ4n) is 1.65. The molecule has 0 fully saturated rings. The van der Waals surface area contributed by atoms with Gasteiger partial charge in [-0.25, -0.2) is 0 Å². The van der Waals surface area contributed by atoms with Gasteiger partial charge in [-0.15, -0.1) is 0 Å². The standard InChI is InChI=1S/C17H19NO/c1-5-9-13(3)16(10-6-2)18-14(4)15-11-7-8-12-17(15)19/h5-12,19H,1-2H2,3-4H3/b13-9-,16-10+,18-14?. The number of phenolic OH excluding ortho intramolecular Hbond substituents is 1. The van der Waals surface area contributed by atoms with E-state index in [1.165, 1.54) is 0 Å². The molecule has 0 bridgehead atoms. The Bertz CT molecular complexity index is 562. The van der Waals surface area contributed by atoms with Crippen molar-refractivity contribution in [2.24, 2.45) is 4.99 Å². The van der Waals surface area contributed by atoms with Crippen molar-refractivity contribution in [3.8, 4) is 5.75 Å². The lowest BCUT2D eigenvalue weighted by Crippen LogP contribution is -1.97. The van der Waals surface area contributed by atoms with E-state index in [1.54, 1.807) is 24.3 Å². The van der Waals surface area contributed by atoms with Gasteiger partial charge < -0.3 is 5.11 Å². The van der Waals surface area contributed by atoms with Crippen LogP contribution in [0.3, 0.4) is 0 Å². The quantitative estimate of drug-likeness (QED) is 0.612. The fourth-order valence-corrected chi connectivity index (χ4v) is 1.65. The van der Waals surface area contributed by atoms with Gasteiger partial charge in [0.1, 0.15) is 5.75 Å². The van der Waals surface area contributed by atoms with E-state index in [2.05, 4.69) is 18.2 Å². The van der Waals surface area contributed by atoms with Crippen LogP contribution in [0, 0.1) is 0 Å². The largest absolute Gasteiger partial charge is 0.507 e. The second kappa shape index (κ2) is 7.17. The zero-order valence-corrected chi connectivity index (χ0v) is 11.4. The number of rotatable bonds is 5. The molecule has 0 radical (unpaired) electrons. The summed E-state index contributed by atoms with van der Waals surface area (Å²) in [5.41, 5.74) is 3.27. The van der Waals surface area contributed by atoms with Gasteiger partial charge in [0, 0.05) is 11.3 Å². The third-order valence-electron chi connectivity index (χ3n) is 2.63. The predicted molar refractivity (Wildman–Crippen MR) is 82.6 cm³/mol. The molecule has 0 aliphatic heterocycles. The minimum atomic E-state index is 0.229. The molecule has 19 heavy (non-hydrogen) atoms. The Morgan fingerprint density at radius 3 is 2.32 bits per heavy atom. The molecule has 1 N–H and O–H groups in total. The maximum Gasteiger partial charge on any atom is 0.124 e. The molecule has 0 aliphatic rings. The van der Waals surface area contributed by atoms with Crippen molar-refractivity contribution in [1.82, 2.24) is 0 Å². The van der Waals surface area contributed by atoms with Gasteiger partial charge in [-0.3, -0.25) is 4.99 Å². The van der Waals surface area contributed by atoms with Crippen LogP contribution < -0.4 is 0 Å². The lowest BCUT2D eigenvalue weighted by molar-refractivity contribution is 0.474. The van der Waals surface area contributed by atoms with Gasteiger partial charge in [-0.1, -0.05) is 43.5 Å². The lowest BCUT2D eigenvalue weighted by atomic mass is 10.1. The van der Waals surface area contributed by atoms with Crippen LogP contribution in [-0.2, 0) is 0 Å². The highest BCUT2D eigenvalue weighted by atomic mass is 16.3. The number of aliphatic imine (C=N–C) groups is 1. The van der Waals surface area contributed by atoms with E-state index >= 15 is 0 Å². The van der Waals surface area contributed by atoms with Crippen molar-refractivity contribution in [3.05, 3.63) is 78.6 Å². The van der Waals surface area contributed by atoms with Gasteiger partial charge in [0.25, 0.3) is 0 Å². The summed E-state index contributed by atoms with van der Waals surface area (Å²) in [6, 6.07) is 7.15. The normalized spacial score (nSPS) is 13.3. The van der Waals surface area contributed by atoms with Crippen LogP contribution in [0.15, 0.2) is 78.0 Å². The van der Waals surface area contributed by atoms with Crippen LogP contribution in [0.1, 0.15) is 19.4 Å². The van der Waals surface area contributed by atoms with Crippen LogP contribution in [0.5, 0.6) is 5.75 Å². The third-order valence-corrected chi connectivity index (χ3v) is 2.63. The number of hydrogen-bond acceptors (Lipinski definition) is 2. The van der Waals surface area contributed by atoms with Crippen molar-refractivity contribution in [1.29, 1.82) is 0 Å². The Kier molecular flexibility index (Phi) is 5.55. The van der Waals surface area contributed by atoms with E-state index in [0.717, 1.165) is 22.5 Å². The first kappa shape index (κ1) is 14.7. The summed E-state index contributed by atoms with van der Waals surface area (Å²) in [7, 11) is 0. The zero-order valence-electron chi connectivity index (χ0n) is 11.4. The Balaban J connectivity index is 3.21. The van der Waals surface area contributed by atoms with Crippen LogP contribution in [-0.4, -0.2) is 10.8 Å². The van der Waals surface area contributed by atoms with Crippen molar-refractivity contribution in [3.63, 3.8) is 0 Å². The van der Waals surface area contributed by atoms with Crippen molar-refractivity contribution in [2.45, 2.75) is 13.8 Å². The monoisotopic (exact) mass is 253 g/mol. The van der Waals surface area contributed by atoms with Crippen molar-refractivity contribution < 1.29 is 5.11 Å². The van der Waals surface area contributed by atoms with E-state index in [1.807, 2.05) is 38.1 Å². The van der Waals surface area contributed by atoms with Gasteiger partial charge in [-0.2, -0.15) is 0 Å².